The molecule has 5 nitrogen and oxygen atoms in total. The largest absolute Gasteiger partial charge is 0.481 e. The van der Waals surface area contributed by atoms with Crippen LogP contribution in [0.1, 0.15) is 41.1 Å². The number of para-hydroxylation sites is 1. The van der Waals surface area contributed by atoms with Gasteiger partial charge in [-0.05, 0) is 44.9 Å². The molecule has 0 spiro atoms. The molecule has 0 saturated carbocycles. The highest BCUT2D eigenvalue weighted by Crippen LogP contribution is 2.33. The van der Waals surface area contributed by atoms with Gasteiger partial charge in [0.15, 0.2) is 6.10 Å². The van der Waals surface area contributed by atoms with Crippen molar-refractivity contribution in [1.82, 2.24) is 0 Å². The lowest BCUT2D eigenvalue weighted by molar-refractivity contribution is -0.122. The highest BCUT2D eigenvalue weighted by molar-refractivity contribution is 7.16. The van der Waals surface area contributed by atoms with Crippen molar-refractivity contribution < 1.29 is 19.1 Å². The van der Waals surface area contributed by atoms with E-state index in [1.807, 2.05) is 39.0 Å². The fraction of sp³-hybridized carbons (Fsp3) is 0.368. The molecule has 0 bridgehead atoms. The number of hydrogen-bond donors (Lipinski definition) is 1. The monoisotopic (exact) mass is 361 g/mol. The summed E-state index contributed by atoms with van der Waals surface area (Å²) in [7, 11) is 0. The number of hydrogen-bond acceptors (Lipinski definition) is 5. The summed E-state index contributed by atoms with van der Waals surface area (Å²) in [6.07, 6.45) is -0.126. The van der Waals surface area contributed by atoms with Crippen LogP contribution >= 0.6 is 11.3 Å². The highest BCUT2D eigenvalue weighted by atomic mass is 32.1. The second-order valence-electron chi connectivity index (χ2n) is 5.52. The first-order chi connectivity index (χ1) is 12.0. The van der Waals surface area contributed by atoms with Crippen LogP contribution in [-0.4, -0.2) is 24.6 Å². The quantitative estimate of drug-likeness (QED) is 0.745. The Balaban J connectivity index is 2.18. The van der Waals surface area contributed by atoms with Gasteiger partial charge in [-0.1, -0.05) is 25.1 Å². The molecule has 2 aromatic rings. The molecule has 0 aliphatic heterocycles. The fourth-order valence-corrected chi connectivity index (χ4v) is 3.39. The Morgan fingerprint density at radius 1 is 1.16 bits per heavy atom. The van der Waals surface area contributed by atoms with E-state index in [0.717, 1.165) is 10.4 Å². The summed E-state index contributed by atoms with van der Waals surface area (Å²) < 4.78 is 10.9. The van der Waals surface area contributed by atoms with Gasteiger partial charge < -0.3 is 14.8 Å². The van der Waals surface area contributed by atoms with Crippen LogP contribution < -0.4 is 10.1 Å². The molecule has 0 aliphatic rings. The van der Waals surface area contributed by atoms with Gasteiger partial charge in [-0.25, -0.2) is 4.79 Å². The van der Waals surface area contributed by atoms with E-state index in [9.17, 15) is 9.59 Å². The number of anilines is 1. The van der Waals surface area contributed by atoms with Gasteiger partial charge in [0.1, 0.15) is 10.8 Å². The lowest BCUT2D eigenvalue weighted by Crippen LogP contribution is -2.32. The molecule has 25 heavy (non-hydrogen) atoms. The minimum absolute atomic E-state index is 0.279. The number of esters is 1. The molecule has 1 atom stereocenters. The van der Waals surface area contributed by atoms with Crippen LogP contribution in [-0.2, 0) is 9.53 Å². The van der Waals surface area contributed by atoms with Crippen molar-refractivity contribution in [1.29, 1.82) is 0 Å². The van der Waals surface area contributed by atoms with Crippen molar-refractivity contribution in [3.05, 3.63) is 46.3 Å². The molecule has 2 rings (SSSR count). The third-order valence-corrected chi connectivity index (χ3v) is 4.91. The van der Waals surface area contributed by atoms with Crippen LogP contribution in [0, 0.1) is 13.8 Å². The van der Waals surface area contributed by atoms with Gasteiger partial charge in [0.2, 0.25) is 0 Å². The maximum Gasteiger partial charge on any atom is 0.341 e. The van der Waals surface area contributed by atoms with E-state index in [1.165, 1.54) is 11.3 Å². The van der Waals surface area contributed by atoms with Gasteiger partial charge in [0.05, 0.1) is 12.2 Å². The molecule has 6 heteroatoms. The number of ether oxygens (including phenoxy) is 2. The average Bonchev–Trinajstić information content (AvgIpc) is 2.87. The summed E-state index contributed by atoms with van der Waals surface area (Å²) in [6, 6.07) is 9.20. The van der Waals surface area contributed by atoms with Crippen molar-refractivity contribution >= 4 is 28.2 Å². The number of rotatable bonds is 7. The standard InChI is InChI=1S/C19H23NO4S/c1-5-15(24-14-10-8-7-9-11-14)17(21)20-18-16(19(22)23-6-2)12(3)13(4)25-18/h7-11,15H,5-6H2,1-4H3,(H,20,21)/t15-/m0/s1. The Kier molecular flexibility index (Phi) is 6.58. The number of thiophene rings is 1. The molecular formula is C19H23NO4S. The summed E-state index contributed by atoms with van der Waals surface area (Å²) >= 11 is 1.37. The van der Waals surface area contributed by atoms with E-state index in [-0.39, 0.29) is 12.5 Å². The Morgan fingerprint density at radius 3 is 2.44 bits per heavy atom. The smallest absolute Gasteiger partial charge is 0.341 e. The van der Waals surface area contributed by atoms with E-state index in [1.54, 1.807) is 19.1 Å². The summed E-state index contributed by atoms with van der Waals surface area (Å²) in [5.41, 5.74) is 1.25. The van der Waals surface area contributed by atoms with E-state index < -0.39 is 12.1 Å². The average molecular weight is 361 g/mol. The molecule has 134 valence electrons. The normalized spacial score (nSPS) is 11.7. The number of amides is 1. The van der Waals surface area contributed by atoms with Gasteiger partial charge in [-0.15, -0.1) is 11.3 Å². The molecule has 0 aliphatic carbocycles. The third kappa shape index (κ3) is 4.60. The summed E-state index contributed by atoms with van der Waals surface area (Å²) in [5, 5.41) is 3.34. The third-order valence-electron chi connectivity index (χ3n) is 3.79. The Morgan fingerprint density at radius 2 is 1.84 bits per heavy atom. The van der Waals surface area contributed by atoms with Crippen LogP contribution in [0.5, 0.6) is 5.75 Å². The van der Waals surface area contributed by atoms with Crippen LogP contribution in [0.15, 0.2) is 30.3 Å². The molecule has 1 heterocycles. The number of benzene rings is 1. The van der Waals surface area contributed by atoms with E-state index in [0.29, 0.717) is 22.7 Å². The van der Waals surface area contributed by atoms with Gasteiger partial charge >= 0.3 is 5.97 Å². The van der Waals surface area contributed by atoms with Gasteiger partial charge in [0.25, 0.3) is 5.91 Å². The van der Waals surface area contributed by atoms with Crippen LogP contribution in [0.2, 0.25) is 0 Å². The number of nitrogens with one attached hydrogen (secondary N) is 1. The first kappa shape index (κ1) is 19.0. The molecule has 1 aromatic heterocycles. The lowest BCUT2D eigenvalue weighted by Gasteiger charge is -2.17. The Labute approximate surface area is 152 Å². The SMILES string of the molecule is CCOC(=O)c1c(NC(=O)[C@H](CC)Oc2ccccc2)sc(C)c1C. The molecule has 0 fully saturated rings. The minimum Gasteiger partial charge on any atom is -0.481 e. The van der Waals surface area contributed by atoms with Gasteiger partial charge in [-0.3, -0.25) is 4.79 Å². The van der Waals surface area contributed by atoms with Crippen molar-refractivity contribution in [2.24, 2.45) is 0 Å². The number of carbonyl (C=O) groups is 2. The maximum atomic E-state index is 12.6. The molecule has 0 radical (unpaired) electrons. The zero-order valence-electron chi connectivity index (χ0n) is 14.9. The van der Waals surface area contributed by atoms with E-state index >= 15 is 0 Å². The van der Waals surface area contributed by atoms with Crippen LogP contribution in [0.3, 0.4) is 0 Å². The number of aryl methyl sites for hydroxylation is 1. The second-order valence-corrected chi connectivity index (χ2v) is 6.75. The van der Waals surface area contributed by atoms with Crippen LogP contribution in [0.25, 0.3) is 0 Å². The molecule has 1 N–H and O–H groups in total. The topological polar surface area (TPSA) is 64.6 Å². The first-order valence-electron chi connectivity index (χ1n) is 8.27. The molecule has 0 unspecified atom stereocenters. The van der Waals surface area contributed by atoms with Crippen molar-refractivity contribution in [3.63, 3.8) is 0 Å². The fourth-order valence-electron chi connectivity index (χ4n) is 2.34. The van der Waals surface area contributed by atoms with Gasteiger partial charge in [0, 0.05) is 4.88 Å². The summed E-state index contributed by atoms with van der Waals surface area (Å²) in [6.45, 7) is 7.69. The van der Waals surface area contributed by atoms with Crippen molar-refractivity contribution in [2.45, 2.75) is 40.2 Å². The minimum atomic E-state index is -0.639. The second kappa shape index (κ2) is 8.67. The Hall–Kier alpha value is -2.34. The van der Waals surface area contributed by atoms with E-state index in [2.05, 4.69) is 5.32 Å². The lowest BCUT2D eigenvalue weighted by atomic mass is 10.1. The first-order valence-corrected chi connectivity index (χ1v) is 9.09. The van der Waals surface area contributed by atoms with Crippen LogP contribution in [0.4, 0.5) is 5.00 Å². The maximum absolute atomic E-state index is 12.6. The molecule has 1 amide bonds. The number of carbonyl (C=O) groups excluding carboxylic acids is 2. The summed E-state index contributed by atoms with van der Waals surface area (Å²) in [4.78, 5) is 25.8. The van der Waals surface area contributed by atoms with E-state index in [4.69, 9.17) is 9.47 Å². The van der Waals surface area contributed by atoms with Crippen molar-refractivity contribution in [2.75, 3.05) is 11.9 Å². The molecule has 1 aromatic carbocycles. The predicted octanol–water partition coefficient (Wildman–Crippen LogP) is 4.34. The molecule has 0 saturated heterocycles. The summed E-state index contributed by atoms with van der Waals surface area (Å²) in [5.74, 6) is -0.0662. The van der Waals surface area contributed by atoms with Crippen molar-refractivity contribution in [3.8, 4) is 5.75 Å². The van der Waals surface area contributed by atoms with Gasteiger partial charge in [-0.2, -0.15) is 0 Å². The predicted molar refractivity (Wildman–Crippen MR) is 99.5 cm³/mol. The molecular weight excluding hydrogens is 338 g/mol. The Bertz CT molecular complexity index is 739. The highest BCUT2D eigenvalue weighted by Gasteiger charge is 2.25. The zero-order valence-corrected chi connectivity index (χ0v) is 15.7. The zero-order chi connectivity index (χ0) is 18.4.